The van der Waals surface area contributed by atoms with Crippen molar-refractivity contribution in [2.24, 2.45) is 5.41 Å². The van der Waals surface area contributed by atoms with Crippen molar-refractivity contribution in [1.82, 2.24) is 0 Å². The summed E-state index contributed by atoms with van der Waals surface area (Å²) < 4.78 is 0. The lowest BCUT2D eigenvalue weighted by atomic mass is 9.91. The van der Waals surface area contributed by atoms with Crippen molar-refractivity contribution in [1.29, 1.82) is 0 Å². The average Bonchev–Trinajstić information content (AvgIpc) is 3.12. The van der Waals surface area contributed by atoms with Gasteiger partial charge in [-0.25, -0.2) is 4.79 Å². The van der Waals surface area contributed by atoms with E-state index in [1.165, 1.54) is 0 Å². The van der Waals surface area contributed by atoms with Gasteiger partial charge in [-0.1, -0.05) is 29.5 Å². The van der Waals surface area contributed by atoms with Crippen LogP contribution in [0.2, 0.25) is 0 Å². The van der Waals surface area contributed by atoms with E-state index in [2.05, 4.69) is 11.8 Å². The van der Waals surface area contributed by atoms with Gasteiger partial charge in [-0.3, -0.25) is 4.79 Å². The number of carbonyl (C=O) groups excluding carboxylic acids is 1. The minimum absolute atomic E-state index is 0.116. The molecule has 31 heavy (non-hydrogen) atoms. The van der Waals surface area contributed by atoms with E-state index in [0.717, 1.165) is 16.9 Å². The van der Waals surface area contributed by atoms with Crippen LogP contribution in [0.3, 0.4) is 0 Å². The summed E-state index contributed by atoms with van der Waals surface area (Å²) in [5.41, 5.74) is 1.74. The molecule has 1 saturated carbocycles. The van der Waals surface area contributed by atoms with Gasteiger partial charge in [0.1, 0.15) is 4.88 Å². The molecule has 0 aliphatic heterocycles. The minimum Gasteiger partial charge on any atom is -0.477 e. The fourth-order valence-electron chi connectivity index (χ4n) is 3.65. The monoisotopic (exact) mass is 439 g/mol. The van der Waals surface area contributed by atoms with E-state index in [1.54, 1.807) is 23.1 Å². The van der Waals surface area contributed by atoms with Crippen molar-refractivity contribution >= 4 is 28.9 Å². The van der Waals surface area contributed by atoms with E-state index in [0.29, 0.717) is 41.8 Å². The molecule has 1 amide bonds. The number of carboxylic acids is 1. The summed E-state index contributed by atoms with van der Waals surface area (Å²) in [4.78, 5) is 28.0. The van der Waals surface area contributed by atoms with Gasteiger partial charge in [0.15, 0.2) is 0 Å². The third kappa shape index (κ3) is 5.75. The molecule has 0 saturated heterocycles. The lowest BCUT2D eigenvalue weighted by Gasteiger charge is -2.35. The number of anilines is 1. The fraction of sp³-hybridized carbons (Fsp3) is 0.440. The SMILES string of the molecule is Cc1ccc(C(=O)N(c2cc(C#CC(C)(C)C)sc2C(=O)O)C2CCC(O)CC2)cc1. The molecular weight excluding hydrogens is 410 g/mol. The molecule has 3 rings (SSSR count). The maximum atomic E-state index is 13.6. The quantitative estimate of drug-likeness (QED) is 0.650. The number of carboxylic acid groups (broad SMARTS) is 1. The first kappa shape index (κ1) is 23.1. The molecule has 1 aliphatic rings. The van der Waals surface area contributed by atoms with Gasteiger partial charge in [-0.15, -0.1) is 11.3 Å². The maximum Gasteiger partial charge on any atom is 0.348 e. The zero-order chi connectivity index (χ0) is 22.8. The Morgan fingerprint density at radius 2 is 1.71 bits per heavy atom. The third-order valence-corrected chi connectivity index (χ3v) is 6.30. The Balaban J connectivity index is 2.08. The van der Waals surface area contributed by atoms with Gasteiger partial charge in [-0.05, 0) is 71.6 Å². The van der Waals surface area contributed by atoms with E-state index in [1.807, 2.05) is 39.8 Å². The molecule has 5 nitrogen and oxygen atoms in total. The number of nitrogens with zero attached hydrogens (tertiary/aromatic N) is 1. The Labute approximate surface area is 187 Å². The number of hydrogen-bond acceptors (Lipinski definition) is 4. The van der Waals surface area contributed by atoms with Crippen LogP contribution in [0, 0.1) is 24.2 Å². The van der Waals surface area contributed by atoms with Gasteiger partial charge < -0.3 is 15.1 Å². The van der Waals surface area contributed by atoms with E-state index < -0.39 is 5.97 Å². The van der Waals surface area contributed by atoms with Crippen LogP contribution in [0.5, 0.6) is 0 Å². The van der Waals surface area contributed by atoms with Gasteiger partial charge in [0.2, 0.25) is 0 Å². The van der Waals surface area contributed by atoms with E-state index in [-0.39, 0.29) is 28.3 Å². The highest BCUT2D eigenvalue weighted by molar-refractivity contribution is 7.15. The molecule has 6 heteroatoms. The first-order valence-electron chi connectivity index (χ1n) is 10.5. The summed E-state index contributed by atoms with van der Waals surface area (Å²) >= 11 is 1.10. The van der Waals surface area contributed by atoms with E-state index >= 15 is 0 Å². The molecule has 1 aliphatic carbocycles. The van der Waals surface area contributed by atoms with Gasteiger partial charge in [-0.2, -0.15) is 0 Å². The second-order valence-corrected chi connectivity index (χ2v) is 10.2. The van der Waals surface area contributed by atoms with Crippen molar-refractivity contribution in [2.45, 2.75) is 65.5 Å². The Morgan fingerprint density at radius 3 is 2.26 bits per heavy atom. The molecule has 0 atom stereocenters. The normalized spacial score (nSPS) is 18.7. The molecule has 2 aromatic rings. The minimum atomic E-state index is -1.07. The van der Waals surface area contributed by atoms with Crippen molar-refractivity contribution < 1.29 is 19.8 Å². The molecule has 0 unspecified atom stereocenters. The number of aliphatic hydroxyl groups is 1. The number of hydrogen-bond donors (Lipinski definition) is 2. The van der Waals surface area contributed by atoms with Crippen LogP contribution in [-0.2, 0) is 0 Å². The highest BCUT2D eigenvalue weighted by Gasteiger charge is 2.33. The van der Waals surface area contributed by atoms with Crippen molar-refractivity contribution in [3.8, 4) is 11.8 Å². The van der Waals surface area contributed by atoms with Gasteiger partial charge in [0.25, 0.3) is 5.91 Å². The largest absolute Gasteiger partial charge is 0.477 e. The Hall–Kier alpha value is -2.62. The lowest BCUT2D eigenvalue weighted by molar-refractivity contribution is 0.0702. The standard InChI is InChI=1S/C25H29NO4S/c1-16-5-7-17(8-6-16)23(28)26(18-9-11-19(27)12-10-18)21-15-20(13-14-25(2,3)4)31-22(21)24(29)30/h5-8,15,18-19,27H,9-12H2,1-4H3,(H,29,30). The second kappa shape index (κ2) is 9.25. The molecule has 2 N–H and O–H groups in total. The number of amides is 1. The number of benzene rings is 1. The zero-order valence-electron chi connectivity index (χ0n) is 18.4. The van der Waals surface area contributed by atoms with Crippen LogP contribution >= 0.6 is 11.3 Å². The van der Waals surface area contributed by atoms with Crippen LogP contribution in [0.25, 0.3) is 0 Å². The predicted molar refractivity (Wildman–Crippen MR) is 124 cm³/mol. The zero-order valence-corrected chi connectivity index (χ0v) is 19.3. The van der Waals surface area contributed by atoms with Crippen molar-refractivity contribution in [3.05, 3.63) is 51.2 Å². The second-order valence-electron chi connectivity index (χ2n) is 9.13. The molecule has 1 aromatic carbocycles. The summed E-state index contributed by atoms with van der Waals surface area (Å²) in [5.74, 6) is 4.93. The summed E-state index contributed by atoms with van der Waals surface area (Å²) in [7, 11) is 0. The highest BCUT2D eigenvalue weighted by Crippen LogP contribution is 2.36. The smallest absolute Gasteiger partial charge is 0.348 e. The van der Waals surface area contributed by atoms with E-state index in [4.69, 9.17) is 0 Å². The first-order chi connectivity index (χ1) is 14.5. The number of carbonyl (C=O) groups is 2. The third-order valence-electron chi connectivity index (χ3n) is 5.28. The Bertz CT molecular complexity index is 1010. The van der Waals surface area contributed by atoms with Crippen molar-refractivity contribution in [2.75, 3.05) is 4.90 Å². The first-order valence-corrected chi connectivity index (χ1v) is 11.4. The number of aromatic carboxylic acids is 1. The van der Waals surface area contributed by atoms with Crippen molar-refractivity contribution in [3.63, 3.8) is 0 Å². The van der Waals surface area contributed by atoms with Crippen LogP contribution in [0.15, 0.2) is 30.3 Å². The van der Waals surface area contributed by atoms with Crippen LogP contribution in [-0.4, -0.2) is 34.2 Å². The summed E-state index contributed by atoms with van der Waals surface area (Å²) in [6.07, 6.45) is 2.05. The van der Waals surface area contributed by atoms with Gasteiger partial charge in [0.05, 0.1) is 16.7 Å². The fourth-order valence-corrected chi connectivity index (χ4v) is 4.49. The lowest BCUT2D eigenvalue weighted by Crippen LogP contribution is -2.43. The molecule has 1 heterocycles. The van der Waals surface area contributed by atoms with Crippen LogP contribution in [0.4, 0.5) is 5.69 Å². The molecule has 0 spiro atoms. The number of thiophene rings is 1. The van der Waals surface area contributed by atoms with Gasteiger partial charge >= 0.3 is 5.97 Å². The average molecular weight is 440 g/mol. The number of rotatable bonds is 4. The van der Waals surface area contributed by atoms with E-state index in [9.17, 15) is 19.8 Å². The molecule has 164 valence electrons. The van der Waals surface area contributed by atoms with Crippen LogP contribution in [0.1, 0.15) is 76.9 Å². The number of aryl methyl sites for hydroxylation is 1. The van der Waals surface area contributed by atoms with Gasteiger partial charge in [0, 0.05) is 17.0 Å². The highest BCUT2D eigenvalue weighted by atomic mass is 32.1. The summed E-state index contributed by atoms with van der Waals surface area (Å²) in [6.45, 7) is 7.93. The molecule has 1 fully saturated rings. The predicted octanol–water partition coefficient (Wildman–Crippen LogP) is 5.10. The maximum absolute atomic E-state index is 13.6. The Kier molecular flexibility index (Phi) is 6.88. The molecule has 0 bridgehead atoms. The molecule has 1 aromatic heterocycles. The van der Waals surface area contributed by atoms with Crippen LogP contribution < -0.4 is 4.90 Å². The summed E-state index contributed by atoms with van der Waals surface area (Å²) in [5, 5.41) is 19.8. The summed E-state index contributed by atoms with van der Waals surface area (Å²) in [6, 6.07) is 8.85. The molecule has 0 radical (unpaired) electrons. The molecular formula is C25H29NO4S. The number of aliphatic hydroxyl groups excluding tert-OH is 1. The topological polar surface area (TPSA) is 77.8 Å². The Morgan fingerprint density at radius 1 is 1.10 bits per heavy atom.